The van der Waals surface area contributed by atoms with Crippen LogP contribution < -0.4 is 15.4 Å². The van der Waals surface area contributed by atoms with E-state index in [4.69, 9.17) is 20.4 Å². The van der Waals surface area contributed by atoms with E-state index >= 15 is 4.39 Å². The molecule has 0 spiro atoms. The molecule has 38 heavy (non-hydrogen) atoms. The summed E-state index contributed by atoms with van der Waals surface area (Å²) in [5.74, 6) is 0.643. The predicted octanol–water partition coefficient (Wildman–Crippen LogP) is 3.10. The molecule has 4 heterocycles. The smallest absolute Gasteiger partial charge is 0.163 e. The molecule has 1 aliphatic rings. The second kappa shape index (κ2) is 11.4. The third kappa shape index (κ3) is 5.60. The summed E-state index contributed by atoms with van der Waals surface area (Å²) in [6.07, 6.45) is -0.313. The van der Waals surface area contributed by atoms with Crippen LogP contribution in [0.1, 0.15) is 18.2 Å². The lowest BCUT2D eigenvalue weighted by Gasteiger charge is -2.28. The van der Waals surface area contributed by atoms with Crippen molar-refractivity contribution in [1.82, 2.24) is 24.7 Å². The molecule has 4 aromatic rings. The van der Waals surface area contributed by atoms with Gasteiger partial charge >= 0.3 is 0 Å². The molecule has 1 aliphatic heterocycles. The average Bonchev–Trinajstić information content (AvgIpc) is 2.93. The maximum absolute atomic E-state index is 15.5. The van der Waals surface area contributed by atoms with E-state index < -0.39 is 23.3 Å². The number of halogens is 2. The number of nitrogens with two attached hydrogens (primary N) is 1. The molecule has 1 aromatic carbocycles. The molecule has 0 bridgehead atoms. The normalized spacial score (nSPS) is 15.5. The molecular formula is C25H24F2N7O3S-. The summed E-state index contributed by atoms with van der Waals surface area (Å²) >= 11 is -2.51. The number of morpholine rings is 1. The Morgan fingerprint density at radius 1 is 1.13 bits per heavy atom. The van der Waals surface area contributed by atoms with Crippen LogP contribution in [0.25, 0.3) is 33.7 Å². The molecule has 2 unspecified atom stereocenters. The highest BCUT2D eigenvalue weighted by Gasteiger charge is 2.22. The van der Waals surface area contributed by atoms with Crippen LogP contribution in [-0.4, -0.2) is 61.5 Å². The summed E-state index contributed by atoms with van der Waals surface area (Å²) in [5, 5.41) is 0. The summed E-state index contributed by atoms with van der Waals surface area (Å²) in [7, 11) is 0. The molecule has 0 radical (unpaired) electrons. The lowest BCUT2D eigenvalue weighted by molar-refractivity contribution is 0.122. The van der Waals surface area contributed by atoms with E-state index in [2.05, 4.69) is 14.7 Å². The molecule has 198 valence electrons. The van der Waals surface area contributed by atoms with Gasteiger partial charge < -0.3 is 19.9 Å². The number of anilines is 2. The highest BCUT2D eigenvalue weighted by Crippen LogP contribution is 2.33. The van der Waals surface area contributed by atoms with Gasteiger partial charge in [0.25, 0.3) is 0 Å². The monoisotopic (exact) mass is 540 g/mol. The minimum atomic E-state index is -2.51. The van der Waals surface area contributed by atoms with Gasteiger partial charge in [-0.25, -0.2) is 33.4 Å². The number of aromatic nitrogens is 4. The Hall–Kier alpha value is -3.65. The number of hydrogen-bond acceptors (Lipinski definition) is 9. The Morgan fingerprint density at radius 2 is 1.95 bits per heavy atom. The van der Waals surface area contributed by atoms with E-state index in [-0.39, 0.29) is 24.1 Å². The Labute approximate surface area is 219 Å². The summed E-state index contributed by atoms with van der Waals surface area (Å²) in [4.78, 5) is 20.3. The van der Waals surface area contributed by atoms with Crippen molar-refractivity contribution in [3.05, 3.63) is 60.0 Å². The van der Waals surface area contributed by atoms with Crippen molar-refractivity contribution in [3.8, 4) is 22.6 Å². The molecule has 1 saturated heterocycles. The van der Waals surface area contributed by atoms with Gasteiger partial charge in [0, 0.05) is 53.8 Å². The molecule has 0 saturated carbocycles. The van der Waals surface area contributed by atoms with E-state index in [0.29, 0.717) is 66.1 Å². The number of benzene rings is 1. The maximum atomic E-state index is 15.5. The van der Waals surface area contributed by atoms with Crippen LogP contribution in [0, 0.1) is 5.82 Å². The van der Waals surface area contributed by atoms with Crippen LogP contribution in [0.5, 0.6) is 0 Å². The van der Waals surface area contributed by atoms with Crippen molar-refractivity contribution in [1.29, 1.82) is 0 Å². The first-order valence-electron chi connectivity index (χ1n) is 11.9. The van der Waals surface area contributed by atoms with Crippen molar-refractivity contribution in [2.45, 2.75) is 12.6 Å². The van der Waals surface area contributed by atoms with Crippen LogP contribution in [0.15, 0.2) is 48.7 Å². The maximum Gasteiger partial charge on any atom is 0.163 e. The van der Waals surface area contributed by atoms with Crippen LogP contribution in [0.2, 0.25) is 0 Å². The van der Waals surface area contributed by atoms with Crippen molar-refractivity contribution in [2.75, 3.05) is 43.5 Å². The van der Waals surface area contributed by atoms with Gasteiger partial charge in [-0.05, 0) is 36.8 Å². The fourth-order valence-corrected chi connectivity index (χ4v) is 4.51. The quantitative estimate of drug-likeness (QED) is 0.322. The number of hydrogen-bond donors (Lipinski definition) is 2. The van der Waals surface area contributed by atoms with Gasteiger partial charge in [0.1, 0.15) is 23.3 Å². The SMILES string of the molecule is Nc1ccc(-c2nc(N3CCOCC3)c3nc(-c4cccc(C(F)CCNS(=O)[O-])c4F)ccc3n2)cn1. The highest BCUT2D eigenvalue weighted by atomic mass is 32.2. The lowest BCUT2D eigenvalue weighted by Crippen LogP contribution is -2.37. The molecule has 13 heteroatoms. The van der Waals surface area contributed by atoms with Gasteiger partial charge in [-0.15, -0.1) is 0 Å². The molecular weight excluding hydrogens is 516 g/mol. The Bertz CT molecular complexity index is 1470. The number of nitrogens with one attached hydrogen (secondary N) is 1. The fraction of sp³-hybridized carbons (Fsp3) is 0.280. The van der Waals surface area contributed by atoms with E-state index in [1.165, 1.54) is 12.1 Å². The Morgan fingerprint density at radius 3 is 2.68 bits per heavy atom. The van der Waals surface area contributed by atoms with E-state index in [1.54, 1.807) is 36.5 Å². The first kappa shape index (κ1) is 26.0. The van der Waals surface area contributed by atoms with E-state index in [0.717, 1.165) is 0 Å². The number of ether oxygens (including phenoxy) is 1. The van der Waals surface area contributed by atoms with Gasteiger partial charge in [0.15, 0.2) is 11.6 Å². The van der Waals surface area contributed by atoms with Crippen molar-refractivity contribution in [2.24, 2.45) is 0 Å². The minimum Gasteiger partial charge on any atom is -0.760 e. The third-order valence-corrected chi connectivity index (χ3v) is 6.58. The number of pyridine rings is 2. The van der Waals surface area contributed by atoms with Gasteiger partial charge in [-0.2, -0.15) is 0 Å². The number of nitrogen functional groups attached to an aromatic ring is 1. The zero-order valence-electron chi connectivity index (χ0n) is 20.1. The van der Waals surface area contributed by atoms with Gasteiger partial charge in [-0.1, -0.05) is 12.1 Å². The molecule has 3 N–H and O–H groups in total. The standard InChI is InChI=1S/C25H25F2N7O3S/c26-18(8-9-30-38(35)36)16-2-1-3-17(22(16)27)19-5-6-20-23(31-19)25(34-10-12-37-13-11-34)33-24(32-20)15-4-7-21(28)29-14-15/h1-7,14,18,30H,8-13H2,(H2,28,29)(H,35,36)/p-1. The average molecular weight is 541 g/mol. The zero-order valence-corrected chi connectivity index (χ0v) is 21.0. The number of alkyl halides is 1. The second-order valence-electron chi connectivity index (χ2n) is 8.60. The largest absolute Gasteiger partial charge is 0.760 e. The molecule has 1 fully saturated rings. The van der Waals surface area contributed by atoms with Crippen molar-refractivity contribution in [3.63, 3.8) is 0 Å². The number of nitrogens with zero attached hydrogens (tertiary/aromatic N) is 5. The Balaban J connectivity index is 1.56. The van der Waals surface area contributed by atoms with Crippen molar-refractivity contribution < 1.29 is 22.3 Å². The molecule has 3 aromatic heterocycles. The molecule has 10 nitrogen and oxygen atoms in total. The van der Waals surface area contributed by atoms with Crippen LogP contribution >= 0.6 is 0 Å². The number of fused-ring (bicyclic) bond motifs is 1. The molecule has 2 atom stereocenters. The molecule has 0 amide bonds. The molecule has 5 rings (SSSR count). The summed E-state index contributed by atoms with van der Waals surface area (Å²) in [5.41, 5.74) is 7.67. The summed E-state index contributed by atoms with van der Waals surface area (Å²) < 4.78 is 59.1. The summed E-state index contributed by atoms with van der Waals surface area (Å²) in [6, 6.07) is 11.2. The molecule has 0 aliphatic carbocycles. The lowest BCUT2D eigenvalue weighted by atomic mass is 10.0. The third-order valence-electron chi connectivity index (χ3n) is 6.14. The predicted molar refractivity (Wildman–Crippen MR) is 139 cm³/mol. The minimum absolute atomic E-state index is 0.118. The van der Waals surface area contributed by atoms with E-state index in [1.807, 2.05) is 4.90 Å². The second-order valence-corrected chi connectivity index (χ2v) is 9.36. The fourth-order valence-electron chi connectivity index (χ4n) is 4.23. The van der Waals surface area contributed by atoms with Gasteiger partial charge in [0.2, 0.25) is 0 Å². The first-order valence-corrected chi connectivity index (χ1v) is 13.0. The van der Waals surface area contributed by atoms with Crippen LogP contribution in [0.3, 0.4) is 0 Å². The van der Waals surface area contributed by atoms with Gasteiger partial charge in [-0.3, -0.25) is 4.21 Å². The van der Waals surface area contributed by atoms with E-state index in [9.17, 15) is 13.2 Å². The van der Waals surface area contributed by atoms with Crippen LogP contribution in [0.4, 0.5) is 20.4 Å². The Kier molecular flexibility index (Phi) is 7.79. The highest BCUT2D eigenvalue weighted by molar-refractivity contribution is 7.77. The zero-order chi connectivity index (χ0) is 26.6. The van der Waals surface area contributed by atoms with Crippen molar-refractivity contribution >= 4 is 33.9 Å². The number of rotatable bonds is 8. The van der Waals surface area contributed by atoms with Gasteiger partial charge in [0.05, 0.1) is 24.4 Å². The van der Waals surface area contributed by atoms with Crippen LogP contribution in [-0.2, 0) is 16.0 Å². The topological polar surface area (TPSA) is 142 Å². The first-order chi connectivity index (χ1) is 18.4. The summed E-state index contributed by atoms with van der Waals surface area (Å²) in [6.45, 7) is 2.07.